The number of carboxylic acids is 1. The molecule has 115 heavy (non-hydrogen) atoms. The first kappa shape index (κ1) is 105. The Hall–Kier alpha value is -8.24. The van der Waals surface area contributed by atoms with E-state index < -0.39 is 148 Å². The van der Waals surface area contributed by atoms with Crippen LogP contribution in [-0.4, -0.2) is 321 Å². The molecule has 0 saturated heterocycles. The number of hydrogen-bond donors (Lipinski definition) is 18. The molecular formula is C72H125N17O23S3. The molecule has 0 heterocycles. The van der Waals surface area contributed by atoms with Gasteiger partial charge in [0.05, 0.1) is 92.2 Å². The third kappa shape index (κ3) is 56.7. The minimum atomic E-state index is -1.84. The van der Waals surface area contributed by atoms with Crippen molar-refractivity contribution in [2.75, 3.05) is 175 Å². The van der Waals surface area contributed by atoms with Gasteiger partial charge in [0.1, 0.15) is 68.7 Å². The average Bonchev–Trinajstić information content (AvgIpc) is 0.868. The first-order valence-electron chi connectivity index (χ1n) is 37.8. The van der Waals surface area contributed by atoms with Crippen molar-refractivity contribution in [3.63, 3.8) is 0 Å². The van der Waals surface area contributed by atoms with Gasteiger partial charge in [-0.3, -0.25) is 72.5 Å². The second kappa shape index (κ2) is 63.0. The van der Waals surface area contributed by atoms with Crippen molar-refractivity contribution in [1.82, 2.24) is 69.1 Å². The van der Waals surface area contributed by atoms with E-state index in [1.165, 1.54) is 35.3 Å². The van der Waals surface area contributed by atoms with E-state index in [1.807, 2.05) is 41.5 Å². The van der Waals surface area contributed by atoms with Crippen LogP contribution in [0.2, 0.25) is 0 Å². The summed E-state index contributed by atoms with van der Waals surface area (Å²) in [5, 5.41) is 51.5. The summed E-state index contributed by atoms with van der Waals surface area (Å²) in [7, 11) is 0. The molecule has 40 nitrogen and oxygen atoms in total. The Morgan fingerprint density at radius 2 is 0.800 bits per heavy atom. The Balaban J connectivity index is 2.85. The van der Waals surface area contributed by atoms with Crippen LogP contribution in [0.15, 0.2) is 30.3 Å². The molecule has 0 spiro atoms. The maximum atomic E-state index is 14.5. The van der Waals surface area contributed by atoms with Crippen molar-refractivity contribution >= 4 is 124 Å². The van der Waals surface area contributed by atoms with E-state index in [9.17, 15) is 72.2 Å². The van der Waals surface area contributed by atoms with Crippen LogP contribution in [0, 0.1) is 5.41 Å². The standard InChI is InChI=1S/C72H125N17O23S3/c1-9-57(91)83-50(18-13-14-20-73)65(100)88-54(46-114-71(2,3)4)68(103)85-49(19-15-21-81-70(75)76)63(98)82-40-58(92)84-52(39-62(96)97)67(102)89-55(47-115-72(5,6)7)69(104)86-51(38-48-16-11-10-12-17-48)66(101)87-53(45-113-8)64(99)80-25-29-108-33-37-110-36-32-107-28-24-79-61(95)44-112-43-60(94)78-23-27-106-31-35-109-34-30-105-26-22-77-59(93)42-111-41-56(74)90/h10-12,16-17,49-55H,9,13-15,18-47,73H2,1-8H3,(H2,74,90)(H,77,93)(H,78,94)(H,79,95)(H,80,99)(H,82,98)(H,83,91)(H,84,92)(H,85,103)(H,86,104)(H,87,101)(H,88,100)(H,89,102)(H,96,97)(H4,75,76,81)/t49-,50-,51-,52-,53-,54-,55-/m0/s1. The van der Waals surface area contributed by atoms with Gasteiger partial charge in [0.2, 0.25) is 76.8 Å². The van der Waals surface area contributed by atoms with Crippen LogP contribution in [0.5, 0.6) is 0 Å². The number of hydrogen-bond acceptors (Lipinski definition) is 27. The smallest absolute Gasteiger partial charge is 0.305 e. The van der Waals surface area contributed by atoms with E-state index in [0.29, 0.717) is 44.8 Å². The minimum Gasteiger partial charge on any atom is -0.481 e. The number of carbonyl (C=O) groups is 14. The molecule has 0 unspecified atom stereocenters. The molecule has 1 aromatic carbocycles. The summed E-state index contributed by atoms with van der Waals surface area (Å²) in [6.45, 7) is 14.5. The molecule has 43 heteroatoms. The topological polar surface area (TPSA) is 591 Å². The lowest BCUT2D eigenvalue weighted by molar-refractivity contribution is -0.141. The largest absolute Gasteiger partial charge is 0.481 e. The molecule has 0 radical (unpaired) electrons. The molecule has 0 aliphatic carbocycles. The van der Waals surface area contributed by atoms with Crippen LogP contribution in [0.4, 0.5) is 0 Å². The first-order valence-corrected chi connectivity index (χ1v) is 41.2. The van der Waals surface area contributed by atoms with Gasteiger partial charge in [0.25, 0.3) is 0 Å². The Bertz CT molecular complexity index is 3110. The highest BCUT2D eigenvalue weighted by molar-refractivity contribution is 8.00. The number of nitrogens with one attached hydrogen (secondary N) is 14. The number of guanidine groups is 1. The number of aliphatic carboxylic acids is 1. The first-order chi connectivity index (χ1) is 54.7. The zero-order valence-corrected chi connectivity index (χ0v) is 69.8. The molecule has 7 atom stereocenters. The maximum Gasteiger partial charge on any atom is 0.305 e. The molecule has 0 aliphatic rings. The number of nitrogens with two attached hydrogens (primary N) is 3. The molecule has 0 saturated carbocycles. The van der Waals surface area contributed by atoms with Gasteiger partial charge in [-0.2, -0.15) is 35.3 Å². The molecule has 0 aromatic heterocycles. The summed E-state index contributed by atoms with van der Waals surface area (Å²) in [4.78, 5) is 183. The van der Waals surface area contributed by atoms with Crippen LogP contribution >= 0.6 is 35.3 Å². The van der Waals surface area contributed by atoms with Gasteiger partial charge in [-0.1, -0.05) is 78.8 Å². The van der Waals surface area contributed by atoms with Crippen LogP contribution in [0.3, 0.4) is 0 Å². The zero-order valence-electron chi connectivity index (χ0n) is 67.4. The van der Waals surface area contributed by atoms with Crippen molar-refractivity contribution in [3.8, 4) is 0 Å². The quantitative estimate of drug-likeness (QED) is 0.0166. The fourth-order valence-corrected chi connectivity index (χ4v) is 11.8. The van der Waals surface area contributed by atoms with Crippen molar-refractivity contribution in [3.05, 3.63) is 35.9 Å². The SMILES string of the molecule is CCC(=O)N[C@@H](CCCCN)C(=O)N[C@@H](CSC(C)(C)C)C(=O)N[C@@H](CCCNC(=N)N)C(=O)NCC(=O)N[C@@H](CC(=O)O)C(=O)N[C@@H](CSC(C)(C)C)C(=O)N[C@@H](Cc1ccccc1)C(=O)N[C@@H](CSC)C(=O)NCCOCCOCCOCCNC(=O)COCC(=O)NCCOCCOCCOCCNC(=O)COCC(N)=O. The lowest BCUT2D eigenvalue weighted by Crippen LogP contribution is -2.60. The molecule has 13 amide bonds. The van der Waals surface area contributed by atoms with Crippen LogP contribution < -0.4 is 86.3 Å². The summed E-state index contributed by atoms with van der Waals surface area (Å²) < 4.78 is 41.9. The highest BCUT2D eigenvalue weighted by Gasteiger charge is 2.35. The van der Waals surface area contributed by atoms with Crippen molar-refractivity contribution < 1.29 is 110 Å². The number of primary amides is 1. The molecule has 1 rings (SSSR count). The number of amides is 13. The molecule has 0 fully saturated rings. The number of thioether (sulfide) groups is 3. The molecular weight excluding hydrogens is 1570 g/mol. The summed E-state index contributed by atoms with van der Waals surface area (Å²) in [6, 6.07) is -0.712. The molecule has 21 N–H and O–H groups in total. The van der Waals surface area contributed by atoms with Gasteiger partial charge in [0, 0.05) is 72.3 Å². The summed E-state index contributed by atoms with van der Waals surface area (Å²) in [5.74, 6) is -10.8. The summed E-state index contributed by atoms with van der Waals surface area (Å²) >= 11 is 3.86. The van der Waals surface area contributed by atoms with E-state index in [4.69, 9.17) is 60.5 Å². The van der Waals surface area contributed by atoms with E-state index in [1.54, 1.807) is 43.5 Å². The Kier molecular flexibility index (Phi) is 57.4. The van der Waals surface area contributed by atoms with Crippen LogP contribution in [0.1, 0.15) is 99.0 Å². The van der Waals surface area contributed by atoms with E-state index in [0.717, 1.165) is 0 Å². The number of carboxylic acid groups (broad SMARTS) is 1. The van der Waals surface area contributed by atoms with Crippen molar-refractivity contribution in [2.45, 2.75) is 152 Å². The lowest BCUT2D eigenvalue weighted by atomic mass is 10.0. The third-order valence-corrected chi connectivity index (χ3v) is 18.6. The Morgan fingerprint density at radius 3 is 1.23 bits per heavy atom. The minimum absolute atomic E-state index is 0.0364. The fourth-order valence-electron chi connectivity index (χ4n) is 9.45. The van der Waals surface area contributed by atoms with Gasteiger partial charge in [-0.05, 0) is 50.5 Å². The van der Waals surface area contributed by atoms with Crippen molar-refractivity contribution in [1.29, 1.82) is 5.41 Å². The predicted octanol–water partition coefficient (Wildman–Crippen LogP) is -4.47. The third-order valence-electron chi connectivity index (χ3n) is 15.2. The number of carbonyl (C=O) groups excluding carboxylic acids is 13. The number of rotatable bonds is 67. The lowest BCUT2D eigenvalue weighted by Gasteiger charge is -2.28. The van der Waals surface area contributed by atoms with Gasteiger partial charge in [0.15, 0.2) is 5.96 Å². The summed E-state index contributed by atoms with van der Waals surface area (Å²) in [5.41, 5.74) is 16.7. The van der Waals surface area contributed by atoms with E-state index in [2.05, 4.69) is 69.1 Å². The van der Waals surface area contributed by atoms with Crippen molar-refractivity contribution in [2.24, 2.45) is 17.2 Å². The van der Waals surface area contributed by atoms with Crippen LogP contribution in [0.25, 0.3) is 0 Å². The molecule has 0 bridgehead atoms. The van der Waals surface area contributed by atoms with E-state index in [-0.39, 0.29) is 174 Å². The van der Waals surface area contributed by atoms with Gasteiger partial charge < -0.3 is 129 Å². The zero-order chi connectivity index (χ0) is 85.8. The second-order valence-electron chi connectivity index (χ2n) is 27.4. The number of benzene rings is 1. The number of unbranched alkanes of at least 4 members (excludes halogenated alkanes) is 1. The molecule has 654 valence electrons. The normalized spacial score (nSPS) is 13.1. The van der Waals surface area contributed by atoms with Gasteiger partial charge in [-0.25, -0.2) is 0 Å². The molecule has 0 aliphatic heterocycles. The number of ether oxygens (including phenoxy) is 8. The Morgan fingerprint density at radius 1 is 0.417 bits per heavy atom. The monoisotopic (exact) mass is 1690 g/mol. The highest BCUT2D eigenvalue weighted by atomic mass is 32.2. The predicted molar refractivity (Wildman–Crippen MR) is 432 cm³/mol. The Labute approximate surface area is 685 Å². The van der Waals surface area contributed by atoms with E-state index >= 15 is 0 Å². The average molecular weight is 1690 g/mol. The summed E-state index contributed by atoms with van der Waals surface area (Å²) in [6.07, 6.45) is 2.12. The molecule has 1 aromatic rings. The van der Waals surface area contributed by atoms with Gasteiger partial charge in [-0.15, -0.1) is 0 Å². The van der Waals surface area contributed by atoms with Gasteiger partial charge >= 0.3 is 5.97 Å². The highest BCUT2D eigenvalue weighted by Crippen LogP contribution is 2.25. The van der Waals surface area contributed by atoms with Crippen LogP contribution in [-0.2, 0) is 111 Å². The second-order valence-corrected chi connectivity index (χ2v) is 32.0. The fraction of sp³-hybridized carbons (Fsp3) is 0.708. The maximum absolute atomic E-state index is 14.5.